The zero-order valence-electron chi connectivity index (χ0n) is 13.8. The van der Waals surface area contributed by atoms with Crippen LogP contribution in [0, 0.1) is 0 Å². The van der Waals surface area contributed by atoms with Crippen LogP contribution in [0.2, 0.25) is 0 Å². The molecule has 0 aromatic carbocycles. The molecule has 0 bridgehead atoms. The number of aromatic nitrogens is 2. The number of nitrogen functional groups attached to an aromatic ring is 1. The Hall–Kier alpha value is -2.61. The number of hydrazine groups is 1. The SMILES string of the molecule is CC1CCCN1c1ncc(/C(=N/N)N(N)C2C=CC=CC2)c(N)n1.[HH]. The van der Waals surface area contributed by atoms with E-state index in [1.165, 1.54) is 5.01 Å². The minimum Gasteiger partial charge on any atom is -0.383 e. The molecule has 1 saturated heterocycles. The zero-order chi connectivity index (χ0) is 17.1. The summed E-state index contributed by atoms with van der Waals surface area (Å²) in [6, 6.07) is 0.387. The molecular formula is C16H26N8. The minimum atomic E-state index is -0.0324. The van der Waals surface area contributed by atoms with Crippen molar-refractivity contribution in [3.63, 3.8) is 0 Å². The van der Waals surface area contributed by atoms with Gasteiger partial charge in [0.05, 0.1) is 11.6 Å². The average Bonchev–Trinajstić information content (AvgIpc) is 3.03. The van der Waals surface area contributed by atoms with Crippen molar-refractivity contribution in [1.29, 1.82) is 0 Å². The molecule has 130 valence electrons. The lowest BCUT2D eigenvalue weighted by molar-refractivity contribution is 0.371. The van der Waals surface area contributed by atoms with Gasteiger partial charge in [-0.1, -0.05) is 24.3 Å². The molecule has 2 aliphatic rings. The number of amidine groups is 1. The second kappa shape index (κ2) is 6.88. The lowest BCUT2D eigenvalue weighted by Gasteiger charge is -2.28. The molecule has 2 heterocycles. The second-order valence-corrected chi connectivity index (χ2v) is 6.13. The first-order chi connectivity index (χ1) is 11.6. The van der Waals surface area contributed by atoms with Crippen molar-refractivity contribution in [2.45, 2.75) is 38.3 Å². The summed E-state index contributed by atoms with van der Waals surface area (Å²) in [5, 5.41) is 5.33. The van der Waals surface area contributed by atoms with E-state index in [1.807, 2.05) is 24.3 Å². The van der Waals surface area contributed by atoms with Gasteiger partial charge in [-0.2, -0.15) is 10.1 Å². The van der Waals surface area contributed by atoms with Gasteiger partial charge in [0.1, 0.15) is 5.82 Å². The number of hydrazone groups is 1. The largest absolute Gasteiger partial charge is 0.383 e. The average molecular weight is 330 g/mol. The van der Waals surface area contributed by atoms with Gasteiger partial charge in [0.15, 0.2) is 5.84 Å². The monoisotopic (exact) mass is 330 g/mol. The smallest absolute Gasteiger partial charge is 0.227 e. The molecule has 0 saturated carbocycles. The van der Waals surface area contributed by atoms with E-state index in [4.69, 9.17) is 17.4 Å². The Morgan fingerprint density at radius 3 is 2.88 bits per heavy atom. The number of anilines is 2. The highest BCUT2D eigenvalue weighted by atomic mass is 15.5. The van der Waals surface area contributed by atoms with Gasteiger partial charge in [0.2, 0.25) is 5.95 Å². The van der Waals surface area contributed by atoms with E-state index in [-0.39, 0.29) is 7.47 Å². The topological polar surface area (TPSA) is 123 Å². The van der Waals surface area contributed by atoms with Crippen molar-refractivity contribution in [3.05, 3.63) is 36.1 Å². The van der Waals surface area contributed by atoms with E-state index in [0.717, 1.165) is 25.8 Å². The van der Waals surface area contributed by atoms with E-state index in [2.05, 4.69) is 26.9 Å². The number of hydrogen-bond donors (Lipinski definition) is 3. The van der Waals surface area contributed by atoms with E-state index in [1.54, 1.807) is 6.20 Å². The predicted molar refractivity (Wildman–Crippen MR) is 98.0 cm³/mol. The zero-order valence-corrected chi connectivity index (χ0v) is 13.8. The molecule has 1 aromatic rings. The lowest BCUT2D eigenvalue weighted by Crippen LogP contribution is -2.46. The van der Waals surface area contributed by atoms with Crippen molar-refractivity contribution in [1.82, 2.24) is 15.0 Å². The minimum absolute atomic E-state index is 0. The number of hydrogen-bond acceptors (Lipinski definition) is 7. The summed E-state index contributed by atoms with van der Waals surface area (Å²) in [6.07, 6.45) is 12.6. The number of nitrogens with two attached hydrogens (primary N) is 3. The number of allylic oxidation sites excluding steroid dienone is 2. The van der Waals surface area contributed by atoms with E-state index < -0.39 is 0 Å². The molecule has 8 nitrogen and oxygen atoms in total. The summed E-state index contributed by atoms with van der Waals surface area (Å²) in [4.78, 5) is 11.1. The Bertz CT molecular complexity index is 687. The van der Waals surface area contributed by atoms with Crippen LogP contribution >= 0.6 is 0 Å². The van der Waals surface area contributed by atoms with Gasteiger partial charge in [-0.25, -0.2) is 10.8 Å². The first-order valence-electron chi connectivity index (χ1n) is 8.16. The van der Waals surface area contributed by atoms with Crippen LogP contribution in [-0.4, -0.2) is 39.4 Å². The molecule has 1 aliphatic carbocycles. The maximum atomic E-state index is 6.20. The molecule has 1 aromatic heterocycles. The highest BCUT2D eigenvalue weighted by Gasteiger charge is 2.25. The fourth-order valence-electron chi connectivity index (χ4n) is 3.13. The summed E-state index contributed by atoms with van der Waals surface area (Å²) in [5.41, 5.74) is 6.69. The van der Waals surface area contributed by atoms with Gasteiger partial charge in [-0.3, -0.25) is 5.01 Å². The highest BCUT2D eigenvalue weighted by Crippen LogP contribution is 2.24. The molecule has 3 rings (SSSR count). The fourth-order valence-corrected chi connectivity index (χ4v) is 3.13. The van der Waals surface area contributed by atoms with Crippen LogP contribution in [0.15, 0.2) is 35.6 Å². The van der Waals surface area contributed by atoms with Gasteiger partial charge < -0.3 is 16.5 Å². The van der Waals surface area contributed by atoms with Crippen molar-refractivity contribution in [2.75, 3.05) is 17.2 Å². The Labute approximate surface area is 143 Å². The van der Waals surface area contributed by atoms with Crippen molar-refractivity contribution in [3.8, 4) is 0 Å². The van der Waals surface area contributed by atoms with Gasteiger partial charge >= 0.3 is 0 Å². The molecular weight excluding hydrogens is 304 g/mol. The maximum absolute atomic E-state index is 6.20. The third-order valence-electron chi connectivity index (χ3n) is 4.54. The van der Waals surface area contributed by atoms with Crippen LogP contribution in [0.25, 0.3) is 0 Å². The second-order valence-electron chi connectivity index (χ2n) is 6.13. The number of rotatable bonds is 3. The van der Waals surface area contributed by atoms with Crippen LogP contribution in [-0.2, 0) is 0 Å². The van der Waals surface area contributed by atoms with Crippen LogP contribution in [0.5, 0.6) is 0 Å². The predicted octanol–water partition coefficient (Wildman–Crippen LogP) is 0.974. The van der Waals surface area contributed by atoms with Crippen molar-refractivity contribution < 1.29 is 1.43 Å². The third kappa shape index (κ3) is 3.05. The van der Waals surface area contributed by atoms with Gasteiger partial charge in [-0.15, -0.1) is 0 Å². The summed E-state index contributed by atoms with van der Waals surface area (Å²) >= 11 is 0. The van der Waals surface area contributed by atoms with E-state index in [0.29, 0.717) is 29.2 Å². The first-order valence-corrected chi connectivity index (χ1v) is 8.16. The molecule has 0 spiro atoms. The molecule has 1 fully saturated rings. The van der Waals surface area contributed by atoms with Gasteiger partial charge in [0.25, 0.3) is 0 Å². The standard InChI is InChI=1S/C16H24N8.H2/c1-11-6-5-9-23(11)16-20-10-13(14(17)21-16)15(22-18)24(19)12-7-3-2-4-8-12;/h2-4,7,10-12H,5-6,8-9,18-19H2,1H3,(H2,17,20,21);1H/b22-15-;. The summed E-state index contributed by atoms with van der Waals surface area (Å²) < 4.78 is 0. The van der Waals surface area contributed by atoms with Crippen LogP contribution in [0.3, 0.4) is 0 Å². The molecule has 8 heteroatoms. The molecule has 0 radical (unpaired) electrons. The normalized spacial score (nSPS) is 23.8. The van der Waals surface area contributed by atoms with Gasteiger partial charge in [0, 0.05) is 20.2 Å². The van der Waals surface area contributed by atoms with Crippen molar-refractivity contribution in [2.24, 2.45) is 16.8 Å². The maximum Gasteiger partial charge on any atom is 0.227 e. The quantitative estimate of drug-likeness (QED) is 0.326. The molecule has 2 atom stereocenters. The summed E-state index contributed by atoms with van der Waals surface area (Å²) in [7, 11) is 0. The highest BCUT2D eigenvalue weighted by molar-refractivity contribution is 6.02. The molecule has 1 aliphatic heterocycles. The van der Waals surface area contributed by atoms with Crippen LogP contribution < -0.4 is 22.3 Å². The Balaban J connectivity index is 0.00000225. The Kier molecular flexibility index (Phi) is 4.66. The van der Waals surface area contributed by atoms with Gasteiger partial charge in [-0.05, 0) is 26.2 Å². The fraction of sp³-hybridized carbons (Fsp3) is 0.438. The first kappa shape index (κ1) is 16.3. The summed E-state index contributed by atoms with van der Waals surface area (Å²) in [5.74, 6) is 13.1. The van der Waals surface area contributed by atoms with Crippen LogP contribution in [0.1, 0.15) is 33.2 Å². The molecule has 2 unspecified atom stereocenters. The third-order valence-corrected chi connectivity index (χ3v) is 4.54. The van der Waals surface area contributed by atoms with Crippen molar-refractivity contribution >= 4 is 17.6 Å². The summed E-state index contributed by atoms with van der Waals surface area (Å²) in [6.45, 7) is 3.11. The molecule has 0 amide bonds. The van der Waals surface area contributed by atoms with E-state index in [9.17, 15) is 0 Å². The Morgan fingerprint density at radius 1 is 1.46 bits per heavy atom. The molecule has 6 N–H and O–H groups in total. The lowest BCUT2D eigenvalue weighted by atomic mass is 10.1. The Morgan fingerprint density at radius 2 is 2.29 bits per heavy atom. The number of nitrogens with zero attached hydrogens (tertiary/aromatic N) is 5. The van der Waals surface area contributed by atoms with Crippen LogP contribution in [0.4, 0.5) is 11.8 Å². The molecule has 24 heavy (non-hydrogen) atoms. The van der Waals surface area contributed by atoms with E-state index >= 15 is 0 Å².